The molecule has 0 bridgehead atoms. The number of hydrogen-bond acceptors (Lipinski definition) is 3. The summed E-state index contributed by atoms with van der Waals surface area (Å²) < 4.78 is 10.8. The molecule has 0 aromatic heterocycles. The third kappa shape index (κ3) is 7.26. The van der Waals surface area contributed by atoms with Crippen LogP contribution in [-0.2, 0) is 15.6 Å². The fraction of sp³-hybridized carbons (Fsp3) is 0.818. The molecule has 0 rings (SSSR count). The van der Waals surface area contributed by atoms with Gasteiger partial charge in [0.1, 0.15) is 6.04 Å². The molecule has 7 heteroatoms. The zero-order valence-corrected chi connectivity index (χ0v) is 12.1. The molecule has 0 aliphatic rings. The van der Waals surface area contributed by atoms with Gasteiger partial charge in [0.15, 0.2) is 0 Å². The molecule has 6 nitrogen and oxygen atoms in total. The van der Waals surface area contributed by atoms with Gasteiger partial charge in [-0.2, -0.15) is 0 Å². The SMILES string of the molecule is CS(=O)CCCNC(=O)N[C@H](C(=O)O)C(C)(C)C. The van der Waals surface area contributed by atoms with E-state index in [0.29, 0.717) is 18.7 Å². The number of rotatable bonds is 6. The summed E-state index contributed by atoms with van der Waals surface area (Å²) in [5.41, 5.74) is -0.561. The van der Waals surface area contributed by atoms with Gasteiger partial charge in [-0.05, 0) is 11.8 Å². The third-order valence-electron chi connectivity index (χ3n) is 2.28. The van der Waals surface area contributed by atoms with E-state index in [1.807, 2.05) is 0 Å². The summed E-state index contributed by atoms with van der Waals surface area (Å²) in [6.07, 6.45) is 2.20. The van der Waals surface area contributed by atoms with E-state index in [9.17, 15) is 13.8 Å². The molecule has 0 saturated carbocycles. The predicted molar refractivity (Wildman–Crippen MR) is 71.0 cm³/mol. The van der Waals surface area contributed by atoms with Crippen LogP contribution in [0, 0.1) is 5.41 Å². The van der Waals surface area contributed by atoms with Gasteiger partial charge in [0.2, 0.25) is 0 Å². The average molecular weight is 278 g/mol. The number of carboxylic acid groups (broad SMARTS) is 1. The van der Waals surface area contributed by atoms with E-state index in [-0.39, 0.29) is 0 Å². The van der Waals surface area contributed by atoms with E-state index in [1.54, 1.807) is 27.0 Å². The first-order valence-electron chi connectivity index (χ1n) is 5.72. The highest BCUT2D eigenvalue weighted by Gasteiger charge is 2.32. The van der Waals surface area contributed by atoms with Crippen molar-refractivity contribution in [2.24, 2.45) is 5.41 Å². The maximum atomic E-state index is 11.5. The molecular weight excluding hydrogens is 256 g/mol. The molecule has 106 valence electrons. The lowest BCUT2D eigenvalue weighted by molar-refractivity contribution is -0.141. The molecular formula is C11H22N2O4S. The molecule has 0 spiro atoms. The van der Waals surface area contributed by atoms with Gasteiger partial charge in [0, 0.05) is 29.4 Å². The number of aliphatic carboxylic acids is 1. The normalized spacial score (nSPS) is 14.7. The van der Waals surface area contributed by atoms with E-state index in [4.69, 9.17) is 5.11 Å². The monoisotopic (exact) mass is 278 g/mol. The summed E-state index contributed by atoms with van der Waals surface area (Å²) in [6.45, 7) is 5.60. The molecule has 0 heterocycles. The first-order chi connectivity index (χ1) is 8.14. The van der Waals surface area contributed by atoms with Gasteiger partial charge in [0.25, 0.3) is 0 Å². The molecule has 2 atom stereocenters. The number of carbonyl (C=O) groups is 2. The number of amides is 2. The van der Waals surface area contributed by atoms with Gasteiger partial charge in [-0.25, -0.2) is 9.59 Å². The summed E-state index contributed by atoms with van der Waals surface area (Å²) >= 11 is 0. The molecule has 0 saturated heterocycles. The number of urea groups is 1. The van der Waals surface area contributed by atoms with E-state index in [0.717, 1.165) is 0 Å². The van der Waals surface area contributed by atoms with Crippen molar-refractivity contribution in [2.45, 2.75) is 33.2 Å². The Bertz CT molecular complexity index is 325. The maximum absolute atomic E-state index is 11.5. The van der Waals surface area contributed by atoms with Crippen molar-refractivity contribution in [3.05, 3.63) is 0 Å². The highest BCUT2D eigenvalue weighted by molar-refractivity contribution is 7.84. The van der Waals surface area contributed by atoms with E-state index in [1.165, 1.54) is 0 Å². The summed E-state index contributed by atoms with van der Waals surface area (Å²) in [5.74, 6) is -0.547. The van der Waals surface area contributed by atoms with E-state index >= 15 is 0 Å². The van der Waals surface area contributed by atoms with Crippen LogP contribution in [0.15, 0.2) is 0 Å². The Morgan fingerprint density at radius 1 is 1.33 bits per heavy atom. The molecule has 0 aromatic carbocycles. The Hall–Kier alpha value is -1.11. The average Bonchev–Trinajstić information content (AvgIpc) is 2.18. The Kier molecular flexibility index (Phi) is 6.90. The van der Waals surface area contributed by atoms with Gasteiger partial charge in [0.05, 0.1) is 0 Å². The fourth-order valence-corrected chi connectivity index (χ4v) is 1.86. The summed E-state index contributed by atoms with van der Waals surface area (Å²) in [6, 6.07) is -1.46. The van der Waals surface area contributed by atoms with Crippen molar-refractivity contribution < 1.29 is 18.9 Å². The summed E-state index contributed by atoms with van der Waals surface area (Å²) in [4.78, 5) is 22.5. The minimum atomic E-state index is -1.06. The zero-order chi connectivity index (χ0) is 14.3. The first kappa shape index (κ1) is 16.9. The second kappa shape index (κ2) is 7.35. The van der Waals surface area contributed by atoms with Crippen molar-refractivity contribution in [1.29, 1.82) is 0 Å². The predicted octanol–water partition coefficient (Wildman–Crippen LogP) is 0.554. The number of carboxylic acids is 1. The third-order valence-corrected chi connectivity index (χ3v) is 3.15. The smallest absolute Gasteiger partial charge is 0.326 e. The largest absolute Gasteiger partial charge is 0.480 e. The molecule has 1 unspecified atom stereocenters. The van der Waals surface area contributed by atoms with Gasteiger partial charge < -0.3 is 15.7 Å². The number of nitrogens with one attached hydrogen (secondary N) is 2. The Morgan fingerprint density at radius 2 is 1.89 bits per heavy atom. The van der Waals surface area contributed by atoms with Crippen LogP contribution in [0.3, 0.4) is 0 Å². The van der Waals surface area contributed by atoms with Crippen LogP contribution in [0.2, 0.25) is 0 Å². The Labute approximate surface area is 110 Å². The number of hydrogen-bond donors (Lipinski definition) is 3. The first-order valence-corrected chi connectivity index (χ1v) is 7.44. The lowest BCUT2D eigenvalue weighted by Crippen LogP contribution is -2.52. The molecule has 0 aliphatic heterocycles. The van der Waals surface area contributed by atoms with Crippen molar-refractivity contribution in [1.82, 2.24) is 10.6 Å². The van der Waals surface area contributed by atoms with Crippen molar-refractivity contribution in [2.75, 3.05) is 18.6 Å². The lowest BCUT2D eigenvalue weighted by Gasteiger charge is -2.27. The molecule has 0 aliphatic carbocycles. The van der Waals surface area contributed by atoms with E-state index in [2.05, 4.69) is 10.6 Å². The maximum Gasteiger partial charge on any atom is 0.326 e. The topological polar surface area (TPSA) is 95.5 Å². The van der Waals surface area contributed by atoms with Gasteiger partial charge in [-0.15, -0.1) is 0 Å². The van der Waals surface area contributed by atoms with Crippen LogP contribution in [-0.4, -0.2) is 45.9 Å². The number of carbonyl (C=O) groups excluding carboxylic acids is 1. The van der Waals surface area contributed by atoms with Crippen molar-refractivity contribution in [3.63, 3.8) is 0 Å². The quantitative estimate of drug-likeness (QED) is 0.618. The molecule has 18 heavy (non-hydrogen) atoms. The second-order valence-electron chi connectivity index (χ2n) is 5.17. The van der Waals surface area contributed by atoms with Crippen LogP contribution in [0.4, 0.5) is 4.79 Å². The van der Waals surface area contributed by atoms with Gasteiger partial charge >= 0.3 is 12.0 Å². The molecule has 0 fully saturated rings. The molecule has 3 N–H and O–H groups in total. The minimum absolute atomic E-state index is 0.377. The molecule has 2 amide bonds. The highest BCUT2D eigenvalue weighted by atomic mass is 32.2. The van der Waals surface area contributed by atoms with Crippen LogP contribution < -0.4 is 10.6 Å². The fourth-order valence-electron chi connectivity index (χ4n) is 1.31. The summed E-state index contributed by atoms with van der Waals surface area (Å²) in [5, 5.41) is 14.0. The van der Waals surface area contributed by atoms with Crippen molar-refractivity contribution in [3.8, 4) is 0 Å². The van der Waals surface area contributed by atoms with Crippen LogP contribution in [0.5, 0.6) is 0 Å². The highest BCUT2D eigenvalue weighted by Crippen LogP contribution is 2.19. The molecule has 0 radical (unpaired) electrons. The van der Waals surface area contributed by atoms with Crippen LogP contribution >= 0.6 is 0 Å². The Morgan fingerprint density at radius 3 is 2.28 bits per heavy atom. The second-order valence-corrected chi connectivity index (χ2v) is 6.72. The zero-order valence-electron chi connectivity index (χ0n) is 11.3. The van der Waals surface area contributed by atoms with Crippen LogP contribution in [0.1, 0.15) is 27.2 Å². The Balaban J connectivity index is 4.12. The standard InChI is InChI=1S/C11H22N2O4S/c1-11(2,3)8(9(14)15)13-10(16)12-6-5-7-18(4)17/h8H,5-7H2,1-4H3,(H,14,15)(H2,12,13,16)/t8-,18?/m1/s1. The van der Waals surface area contributed by atoms with E-state index < -0.39 is 34.3 Å². The van der Waals surface area contributed by atoms with Gasteiger partial charge in [-0.3, -0.25) is 4.21 Å². The lowest BCUT2D eigenvalue weighted by atomic mass is 9.87. The minimum Gasteiger partial charge on any atom is -0.480 e. The summed E-state index contributed by atoms with van der Waals surface area (Å²) in [7, 11) is -0.878. The van der Waals surface area contributed by atoms with Crippen molar-refractivity contribution >= 4 is 22.8 Å². The van der Waals surface area contributed by atoms with Gasteiger partial charge in [-0.1, -0.05) is 20.8 Å². The molecule has 0 aromatic rings. The van der Waals surface area contributed by atoms with Crippen LogP contribution in [0.25, 0.3) is 0 Å².